The molecule has 0 aliphatic carbocycles. The lowest BCUT2D eigenvalue weighted by Gasteiger charge is -2.15. The number of carbonyl (C=O) groups is 2. The molecule has 0 atom stereocenters. The van der Waals surface area contributed by atoms with Gasteiger partial charge in [-0.3, -0.25) is 4.79 Å². The van der Waals surface area contributed by atoms with Gasteiger partial charge in [0.05, 0.1) is 37.2 Å². The van der Waals surface area contributed by atoms with Crippen LogP contribution in [0.2, 0.25) is 0 Å². The number of carbonyl (C=O) groups excluding carboxylic acids is 2. The lowest BCUT2D eigenvalue weighted by molar-refractivity contribution is -0.115. The molecule has 9 nitrogen and oxygen atoms in total. The number of anilines is 3. The summed E-state index contributed by atoms with van der Waals surface area (Å²) in [6, 6.07) is 6.48. The summed E-state index contributed by atoms with van der Waals surface area (Å²) in [5.74, 6) is 1.20. The summed E-state index contributed by atoms with van der Waals surface area (Å²) in [6.07, 6.45) is 0.378. The highest BCUT2D eigenvalue weighted by Crippen LogP contribution is 2.40. The first kappa shape index (κ1) is 22.2. The number of hydrogen-bond donors (Lipinski definition) is 3. The van der Waals surface area contributed by atoms with Crippen LogP contribution in [0.1, 0.15) is 18.9 Å². The standard InChI is InChI=1S/C21H24N4O5S/c1-6-17(26)24-21-25-18-11(2)7-12(10-16(18)31-21)22-20(27)23-13-8-14(28-3)19(30-5)15(9-13)29-4/h7-10H,6H2,1-5H3,(H2,22,23,27)(H,24,25,26). The maximum atomic E-state index is 12.6. The molecule has 3 rings (SSSR count). The van der Waals surface area contributed by atoms with Gasteiger partial charge < -0.3 is 30.2 Å². The molecule has 0 saturated carbocycles. The number of benzene rings is 2. The van der Waals surface area contributed by atoms with Crippen molar-refractivity contribution in [1.29, 1.82) is 0 Å². The first-order valence-electron chi connectivity index (χ1n) is 9.47. The largest absolute Gasteiger partial charge is 0.493 e. The van der Waals surface area contributed by atoms with Gasteiger partial charge in [-0.25, -0.2) is 9.78 Å². The van der Waals surface area contributed by atoms with E-state index < -0.39 is 6.03 Å². The number of aromatic nitrogens is 1. The second kappa shape index (κ2) is 9.52. The molecule has 1 heterocycles. The normalized spacial score (nSPS) is 10.5. The highest BCUT2D eigenvalue weighted by atomic mass is 32.1. The lowest BCUT2D eigenvalue weighted by atomic mass is 10.2. The molecule has 0 aliphatic heterocycles. The van der Waals surface area contributed by atoms with Gasteiger partial charge >= 0.3 is 6.03 Å². The zero-order valence-corrected chi connectivity index (χ0v) is 18.7. The Labute approximate surface area is 183 Å². The number of rotatable bonds is 7. The van der Waals surface area contributed by atoms with E-state index in [1.54, 1.807) is 19.1 Å². The van der Waals surface area contributed by atoms with Crippen molar-refractivity contribution < 1.29 is 23.8 Å². The number of nitrogens with zero attached hydrogens (tertiary/aromatic N) is 1. The molecule has 0 unspecified atom stereocenters. The summed E-state index contributed by atoms with van der Waals surface area (Å²) in [5.41, 5.74) is 2.75. The van der Waals surface area contributed by atoms with Crippen molar-refractivity contribution in [3.05, 3.63) is 29.8 Å². The fourth-order valence-electron chi connectivity index (χ4n) is 2.98. The Morgan fingerprint density at radius 2 is 1.55 bits per heavy atom. The third-order valence-electron chi connectivity index (χ3n) is 4.43. The predicted octanol–water partition coefficient (Wildman–Crippen LogP) is 4.62. The van der Waals surface area contributed by atoms with Gasteiger partial charge in [0.15, 0.2) is 16.6 Å². The average Bonchev–Trinajstić information content (AvgIpc) is 3.15. The van der Waals surface area contributed by atoms with E-state index in [0.717, 1.165) is 15.8 Å². The minimum atomic E-state index is -0.433. The number of methoxy groups -OCH3 is 3. The van der Waals surface area contributed by atoms with Gasteiger partial charge in [0.1, 0.15) is 0 Å². The van der Waals surface area contributed by atoms with E-state index in [9.17, 15) is 9.59 Å². The second-order valence-electron chi connectivity index (χ2n) is 6.55. The smallest absolute Gasteiger partial charge is 0.323 e. The topological polar surface area (TPSA) is 111 Å². The summed E-state index contributed by atoms with van der Waals surface area (Å²) in [4.78, 5) is 28.7. The molecule has 10 heteroatoms. The first-order chi connectivity index (χ1) is 14.9. The van der Waals surface area contributed by atoms with Crippen molar-refractivity contribution in [3.63, 3.8) is 0 Å². The van der Waals surface area contributed by atoms with Crippen LogP contribution in [0.25, 0.3) is 10.2 Å². The van der Waals surface area contributed by atoms with Crippen LogP contribution >= 0.6 is 11.3 Å². The fourth-order valence-corrected chi connectivity index (χ4v) is 3.98. The van der Waals surface area contributed by atoms with Crippen LogP contribution in [0.5, 0.6) is 17.2 Å². The molecule has 3 aromatic rings. The van der Waals surface area contributed by atoms with Gasteiger partial charge in [-0.05, 0) is 24.6 Å². The molecule has 3 N–H and O–H groups in total. The van der Waals surface area contributed by atoms with E-state index in [-0.39, 0.29) is 5.91 Å². The number of nitrogens with one attached hydrogen (secondary N) is 3. The van der Waals surface area contributed by atoms with Crippen molar-refractivity contribution in [3.8, 4) is 17.2 Å². The van der Waals surface area contributed by atoms with Crippen molar-refractivity contribution in [2.24, 2.45) is 0 Å². The van der Waals surface area contributed by atoms with E-state index in [1.165, 1.54) is 32.7 Å². The van der Waals surface area contributed by atoms with Crippen LogP contribution in [-0.2, 0) is 4.79 Å². The summed E-state index contributed by atoms with van der Waals surface area (Å²) >= 11 is 1.35. The van der Waals surface area contributed by atoms with Crippen LogP contribution in [0.4, 0.5) is 21.3 Å². The third-order valence-corrected chi connectivity index (χ3v) is 5.35. The SMILES string of the molecule is CCC(=O)Nc1nc2c(C)cc(NC(=O)Nc3cc(OC)c(OC)c(OC)c3)cc2s1. The maximum Gasteiger partial charge on any atom is 0.323 e. The molecule has 1 aromatic heterocycles. The zero-order valence-electron chi connectivity index (χ0n) is 17.9. The molecule has 0 fully saturated rings. The van der Waals surface area contributed by atoms with Crippen LogP contribution in [0, 0.1) is 6.92 Å². The summed E-state index contributed by atoms with van der Waals surface area (Å²) < 4.78 is 16.8. The molecular weight excluding hydrogens is 420 g/mol. The summed E-state index contributed by atoms with van der Waals surface area (Å²) in [5, 5.41) is 8.88. The zero-order chi connectivity index (χ0) is 22.5. The van der Waals surface area contributed by atoms with Crippen LogP contribution in [-0.4, -0.2) is 38.3 Å². The molecule has 31 heavy (non-hydrogen) atoms. The molecule has 164 valence electrons. The summed E-state index contributed by atoms with van der Waals surface area (Å²) in [7, 11) is 4.52. The van der Waals surface area contributed by atoms with Crippen molar-refractivity contribution in [2.45, 2.75) is 20.3 Å². The van der Waals surface area contributed by atoms with E-state index in [4.69, 9.17) is 14.2 Å². The Bertz CT molecular complexity index is 1100. The van der Waals surface area contributed by atoms with E-state index in [0.29, 0.717) is 40.2 Å². The highest BCUT2D eigenvalue weighted by Gasteiger charge is 2.15. The number of ether oxygens (including phenoxy) is 3. The first-order valence-corrected chi connectivity index (χ1v) is 10.3. The molecule has 0 spiro atoms. The monoisotopic (exact) mass is 444 g/mol. The quantitative estimate of drug-likeness (QED) is 0.490. The number of aryl methyl sites for hydroxylation is 1. The van der Waals surface area contributed by atoms with Crippen LogP contribution in [0.3, 0.4) is 0 Å². The third kappa shape index (κ3) is 4.97. The van der Waals surface area contributed by atoms with Gasteiger partial charge in [-0.1, -0.05) is 18.3 Å². The molecule has 0 radical (unpaired) electrons. The van der Waals surface area contributed by atoms with Crippen LogP contribution in [0.15, 0.2) is 24.3 Å². The molecular formula is C21H24N4O5S. The number of urea groups is 1. The molecule has 3 amide bonds. The molecule has 0 bridgehead atoms. The average molecular weight is 445 g/mol. The van der Waals surface area contributed by atoms with E-state index >= 15 is 0 Å². The molecule has 0 saturated heterocycles. The van der Waals surface area contributed by atoms with Gasteiger partial charge in [0.2, 0.25) is 11.7 Å². The number of hydrogen-bond acceptors (Lipinski definition) is 7. The number of fused-ring (bicyclic) bond motifs is 1. The number of thiazole rings is 1. The van der Waals surface area contributed by atoms with Crippen molar-refractivity contribution >= 4 is 50.0 Å². The fraction of sp³-hybridized carbons (Fsp3) is 0.286. The molecule has 0 aliphatic rings. The Hall–Kier alpha value is -3.53. The maximum absolute atomic E-state index is 12.6. The lowest BCUT2D eigenvalue weighted by Crippen LogP contribution is -2.19. The Morgan fingerprint density at radius 1 is 0.935 bits per heavy atom. The van der Waals surface area contributed by atoms with Gasteiger partial charge in [0.25, 0.3) is 0 Å². The van der Waals surface area contributed by atoms with Crippen molar-refractivity contribution in [2.75, 3.05) is 37.3 Å². The van der Waals surface area contributed by atoms with E-state index in [1.807, 2.05) is 19.1 Å². The summed E-state index contributed by atoms with van der Waals surface area (Å²) in [6.45, 7) is 3.68. The minimum Gasteiger partial charge on any atom is -0.493 e. The Kier molecular flexibility index (Phi) is 6.81. The van der Waals surface area contributed by atoms with E-state index in [2.05, 4.69) is 20.9 Å². The van der Waals surface area contributed by atoms with Gasteiger partial charge in [-0.2, -0.15) is 0 Å². The van der Waals surface area contributed by atoms with Gasteiger partial charge in [-0.15, -0.1) is 0 Å². The second-order valence-corrected chi connectivity index (χ2v) is 7.58. The van der Waals surface area contributed by atoms with Crippen LogP contribution < -0.4 is 30.2 Å². The number of amides is 3. The minimum absolute atomic E-state index is 0.0974. The highest BCUT2D eigenvalue weighted by molar-refractivity contribution is 7.22. The predicted molar refractivity (Wildman–Crippen MR) is 122 cm³/mol. The van der Waals surface area contributed by atoms with Gasteiger partial charge in [0, 0.05) is 24.2 Å². The Morgan fingerprint density at radius 3 is 2.10 bits per heavy atom. The Balaban J connectivity index is 1.79. The van der Waals surface area contributed by atoms with Crippen molar-refractivity contribution in [1.82, 2.24) is 4.98 Å². The molecule has 2 aromatic carbocycles.